The van der Waals surface area contributed by atoms with Crippen molar-refractivity contribution in [1.82, 2.24) is 4.90 Å². The van der Waals surface area contributed by atoms with E-state index >= 15 is 0 Å². The highest BCUT2D eigenvalue weighted by Crippen LogP contribution is 2.43. The van der Waals surface area contributed by atoms with Crippen LogP contribution in [0.4, 0.5) is 0 Å². The molecule has 0 spiro atoms. The molecule has 2 bridgehead atoms. The largest absolute Gasteiger partial charge is 0.310 e. The van der Waals surface area contributed by atoms with Gasteiger partial charge in [0.25, 0.3) is 0 Å². The van der Waals surface area contributed by atoms with E-state index in [0.29, 0.717) is 0 Å². The molecule has 2 aliphatic rings. The Morgan fingerprint density at radius 2 is 1.92 bits per heavy atom. The van der Waals surface area contributed by atoms with Crippen LogP contribution >= 0.6 is 0 Å². The minimum atomic E-state index is 0.827. The summed E-state index contributed by atoms with van der Waals surface area (Å²) >= 11 is 0. The van der Waals surface area contributed by atoms with Crippen LogP contribution in [0.15, 0.2) is 0 Å². The molecule has 0 aromatic rings. The van der Waals surface area contributed by atoms with Crippen LogP contribution in [0.5, 0.6) is 0 Å². The molecular formula is C10H16N2. The summed E-state index contributed by atoms with van der Waals surface area (Å²) in [5, 5.41) is 8.79. The van der Waals surface area contributed by atoms with Crippen molar-refractivity contribution in [3.05, 3.63) is 0 Å². The summed E-state index contributed by atoms with van der Waals surface area (Å²) in [6.45, 7) is 4.36. The van der Waals surface area contributed by atoms with E-state index in [1.54, 1.807) is 0 Å². The van der Waals surface area contributed by atoms with Gasteiger partial charge in [0.15, 0.2) is 6.19 Å². The normalized spacial score (nSPS) is 39.7. The van der Waals surface area contributed by atoms with Crippen LogP contribution < -0.4 is 0 Å². The second-order valence-corrected chi connectivity index (χ2v) is 4.17. The van der Waals surface area contributed by atoms with Gasteiger partial charge in [0.1, 0.15) is 0 Å². The summed E-state index contributed by atoms with van der Waals surface area (Å²) in [5.74, 6) is 2.58. The average molecular weight is 164 g/mol. The third-order valence-corrected chi connectivity index (χ3v) is 3.64. The Morgan fingerprint density at radius 3 is 2.33 bits per heavy atom. The van der Waals surface area contributed by atoms with Crippen molar-refractivity contribution in [1.29, 1.82) is 5.26 Å². The van der Waals surface area contributed by atoms with Gasteiger partial charge in [-0.3, -0.25) is 0 Å². The smallest absolute Gasteiger partial charge is 0.179 e. The molecule has 2 nitrogen and oxygen atoms in total. The van der Waals surface area contributed by atoms with Crippen LogP contribution in [-0.4, -0.2) is 18.0 Å². The first-order valence-electron chi connectivity index (χ1n) is 4.99. The van der Waals surface area contributed by atoms with Gasteiger partial charge in [0, 0.05) is 13.1 Å². The van der Waals surface area contributed by atoms with Gasteiger partial charge in [-0.05, 0) is 30.6 Å². The van der Waals surface area contributed by atoms with E-state index in [1.165, 1.54) is 19.3 Å². The van der Waals surface area contributed by atoms with E-state index in [-0.39, 0.29) is 0 Å². The molecule has 12 heavy (non-hydrogen) atoms. The van der Waals surface area contributed by atoms with Crippen molar-refractivity contribution in [2.75, 3.05) is 13.1 Å². The predicted molar refractivity (Wildman–Crippen MR) is 47.2 cm³/mol. The number of nitrogens with zero attached hydrogens (tertiary/aromatic N) is 2. The van der Waals surface area contributed by atoms with Crippen LogP contribution in [0.3, 0.4) is 0 Å². The first-order chi connectivity index (χ1) is 5.85. The number of likely N-dealkylation sites (tertiary alicyclic amines) is 1. The van der Waals surface area contributed by atoms with Crippen LogP contribution in [0.25, 0.3) is 0 Å². The van der Waals surface area contributed by atoms with Gasteiger partial charge in [0.2, 0.25) is 0 Å². The lowest BCUT2D eigenvalue weighted by atomic mass is 9.83. The fourth-order valence-electron chi connectivity index (χ4n) is 3.08. The zero-order chi connectivity index (χ0) is 8.55. The lowest BCUT2D eigenvalue weighted by Crippen LogP contribution is -2.38. The highest BCUT2D eigenvalue weighted by atomic mass is 15.1. The molecule has 0 N–H and O–H groups in total. The third-order valence-electron chi connectivity index (χ3n) is 3.64. The first kappa shape index (κ1) is 7.91. The molecule has 0 radical (unpaired) electrons. The Morgan fingerprint density at radius 1 is 1.33 bits per heavy atom. The first-order valence-corrected chi connectivity index (χ1v) is 4.99. The third kappa shape index (κ3) is 1.08. The van der Waals surface area contributed by atoms with Crippen molar-refractivity contribution in [2.24, 2.45) is 17.8 Å². The average Bonchev–Trinajstić information content (AvgIpc) is 2.35. The fourth-order valence-corrected chi connectivity index (χ4v) is 3.08. The molecule has 1 heterocycles. The molecule has 2 atom stereocenters. The predicted octanol–water partition coefficient (Wildman–Crippen LogP) is 1.84. The topological polar surface area (TPSA) is 27.0 Å². The molecule has 1 aliphatic carbocycles. The number of hydrogen-bond acceptors (Lipinski definition) is 2. The lowest BCUT2D eigenvalue weighted by molar-refractivity contribution is 0.152. The van der Waals surface area contributed by atoms with Gasteiger partial charge >= 0.3 is 0 Å². The standard InChI is InChI=1S/C10H16N2/c1-2-10-8-3-4-9(10)6-12(5-8)7-11/h8-10H,2-6H2,1H3. The molecule has 2 unspecified atom stereocenters. The van der Waals surface area contributed by atoms with Gasteiger partial charge in [-0.25, -0.2) is 0 Å². The van der Waals surface area contributed by atoms with Gasteiger partial charge < -0.3 is 4.90 Å². The highest BCUT2D eigenvalue weighted by molar-refractivity contribution is 4.95. The summed E-state index contributed by atoms with van der Waals surface area (Å²) < 4.78 is 0. The monoisotopic (exact) mass is 164 g/mol. The number of hydrogen-bond donors (Lipinski definition) is 0. The molecular weight excluding hydrogens is 148 g/mol. The maximum absolute atomic E-state index is 8.79. The number of rotatable bonds is 1. The maximum Gasteiger partial charge on any atom is 0.179 e. The van der Waals surface area contributed by atoms with Gasteiger partial charge in [-0.2, -0.15) is 5.26 Å². The van der Waals surface area contributed by atoms with E-state index in [1.807, 2.05) is 4.90 Å². The quantitative estimate of drug-likeness (QED) is 0.553. The van der Waals surface area contributed by atoms with E-state index in [9.17, 15) is 0 Å². The Bertz CT molecular complexity index is 192. The van der Waals surface area contributed by atoms with Crippen molar-refractivity contribution in [2.45, 2.75) is 26.2 Å². The summed E-state index contributed by atoms with van der Waals surface area (Å²) in [6, 6.07) is 0. The fraction of sp³-hybridized carbons (Fsp3) is 0.900. The van der Waals surface area contributed by atoms with E-state index in [4.69, 9.17) is 5.26 Å². The lowest BCUT2D eigenvalue weighted by Gasteiger charge is -2.34. The van der Waals surface area contributed by atoms with Gasteiger partial charge in [-0.15, -0.1) is 0 Å². The summed E-state index contributed by atoms with van der Waals surface area (Å²) in [5.41, 5.74) is 0. The minimum absolute atomic E-state index is 0.827. The SMILES string of the molecule is CCC1C2CCC1CN(C#N)C2. The van der Waals surface area contributed by atoms with E-state index < -0.39 is 0 Å². The zero-order valence-corrected chi connectivity index (χ0v) is 7.66. The molecule has 2 rings (SSSR count). The highest BCUT2D eigenvalue weighted by Gasteiger charge is 2.40. The number of fused-ring (bicyclic) bond motifs is 2. The van der Waals surface area contributed by atoms with E-state index in [2.05, 4.69) is 13.1 Å². The van der Waals surface area contributed by atoms with Crippen molar-refractivity contribution in [3.63, 3.8) is 0 Å². The molecule has 1 aliphatic heterocycles. The Balaban J connectivity index is 2.07. The molecule has 0 aromatic carbocycles. The number of piperidine rings is 1. The van der Waals surface area contributed by atoms with Gasteiger partial charge in [-0.1, -0.05) is 13.3 Å². The summed E-state index contributed by atoms with van der Waals surface area (Å²) in [4.78, 5) is 1.95. The van der Waals surface area contributed by atoms with Crippen LogP contribution in [0.2, 0.25) is 0 Å². The Hall–Kier alpha value is -0.710. The van der Waals surface area contributed by atoms with Crippen molar-refractivity contribution < 1.29 is 0 Å². The molecule has 0 aromatic heterocycles. The molecule has 1 saturated heterocycles. The molecule has 0 amide bonds. The second kappa shape index (κ2) is 2.97. The van der Waals surface area contributed by atoms with Crippen LogP contribution in [-0.2, 0) is 0 Å². The molecule has 1 saturated carbocycles. The maximum atomic E-state index is 8.79. The molecule has 66 valence electrons. The van der Waals surface area contributed by atoms with Crippen molar-refractivity contribution in [3.8, 4) is 6.19 Å². The molecule has 2 fully saturated rings. The second-order valence-electron chi connectivity index (χ2n) is 4.17. The molecule has 2 heteroatoms. The minimum Gasteiger partial charge on any atom is -0.310 e. The summed E-state index contributed by atoms with van der Waals surface area (Å²) in [6.07, 6.45) is 6.32. The van der Waals surface area contributed by atoms with Crippen LogP contribution in [0.1, 0.15) is 26.2 Å². The van der Waals surface area contributed by atoms with E-state index in [0.717, 1.165) is 30.8 Å². The number of nitriles is 1. The van der Waals surface area contributed by atoms with Crippen LogP contribution in [0, 0.1) is 29.2 Å². The Kier molecular flexibility index (Phi) is 1.96. The summed E-state index contributed by atoms with van der Waals surface area (Å²) in [7, 11) is 0. The van der Waals surface area contributed by atoms with Gasteiger partial charge in [0.05, 0.1) is 0 Å². The van der Waals surface area contributed by atoms with Crippen molar-refractivity contribution >= 4 is 0 Å². The Labute approximate surface area is 74.2 Å². The zero-order valence-electron chi connectivity index (χ0n) is 7.66.